The predicted octanol–water partition coefficient (Wildman–Crippen LogP) is 0.636. The van der Waals surface area contributed by atoms with E-state index in [0.29, 0.717) is 12.1 Å². The van der Waals surface area contributed by atoms with Crippen LogP contribution in [0.3, 0.4) is 0 Å². The number of nitrogens with one attached hydrogen (secondary N) is 2. The Bertz CT molecular complexity index is 591. The average Bonchev–Trinajstić information content (AvgIpc) is 3.48. The van der Waals surface area contributed by atoms with Crippen LogP contribution in [0.25, 0.3) is 0 Å². The van der Waals surface area contributed by atoms with E-state index in [2.05, 4.69) is 15.6 Å². The second-order valence-electron chi connectivity index (χ2n) is 6.73. The number of ether oxygens (including phenoxy) is 1. The quantitative estimate of drug-likeness (QED) is 0.672. The Kier molecular flexibility index (Phi) is 5.99. The Morgan fingerprint density at radius 2 is 1.96 bits per heavy atom. The van der Waals surface area contributed by atoms with Crippen molar-refractivity contribution in [1.29, 1.82) is 0 Å². The zero-order valence-electron chi connectivity index (χ0n) is 14.2. The number of nitrogens with zero attached hydrogens (tertiary/aromatic N) is 1. The molecule has 0 aromatic carbocycles. The predicted molar refractivity (Wildman–Crippen MR) is 90.8 cm³/mol. The summed E-state index contributed by atoms with van der Waals surface area (Å²) in [6.45, 7) is 0.443. The van der Waals surface area contributed by atoms with E-state index in [4.69, 9.17) is 4.74 Å². The van der Waals surface area contributed by atoms with Crippen molar-refractivity contribution in [2.24, 2.45) is 5.92 Å². The number of hydrogen-bond acceptors (Lipinski definition) is 5. The van der Waals surface area contributed by atoms with E-state index in [1.54, 1.807) is 24.5 Å². The average molecular weight is 347 g/mol. The smallest absolute Gasteiger partial charge is 0.251 e. The number of aromatic nitrogens is 1. The van der Waals surface area contributed by atoms with E-state index < -0.39 is 6.10 Å². The highest BCUT2D eigenvalue weighted by atomic mass is 16.5. The first kappa shape index (κ1) is 17.8. The fourth-order valence-corrected chi connectivity index (χ4v) is 3.11. The van der Waals surface area contributed by atoms with Gasteiger partial charge in [-0.15, -0.1) is 0 Å². The van der Waals surface area contributed by atoms with Crippen LogP contribution in [0.1, 0.15) is 42.5 Å². The molecule has 1 aromatic heterocycles. The summed E-state index contributed by atoms with van der Waals surface area (Å²) in [5.74, 6) is 0.159. The third kappa shape index (κ3) is 4.99. The van der Waals surface area contributed by atoms with Crippen molar-refractivity contribution in [2.45, 2.75) is 50.4 Å². The fourth-order valence-electron chi connectivity index (χ4n) is 3.11. The molecule has 2 fully saturated rings. The fraction of sp³-hybridized carbons (Fsp3) is 0.611. The molecule has 1 aliphatic carbocycles. The molecule has 0 bridgehead atoms. The second-order valence-corrected chi connectivity index (χ2v) is 6.73. The minimum Gasteiger partial charge on any atom is -0.394 e. The molecule has 1 saturated carbocycles. The first-order valence-corrected chi connectivity index (χ1v) is 8.92. The molecule has 2 aliphatic rings. The van der Waals surface area contributed by atoms with Gasteiger partial charge in [0.2, 0.25) is 5.91 Å². The third-order valence-electron chi connectivity index (χ3n) is 4.77. The minimum atomic E-state index is -0.427. The van der Waals surface area contributed by atoms with Crippen molar-refractivity contribution >= 4 is 11.8 Å². The van der Waals surface area contributed by atoms with Crippen LogP contribution in [0.5, 0.6) is 0 Å². The van der Waals surface area contributed by atoms with Crippen LogP contribution in [0.4, 0.5) is 0 Å². The molecule has 3 rings (SSSR count). The number of carbonyl (C=O) groups excluding carboxylic acids is 2. The normalized spacial score (nSPS) is 26.0. The monoisotopic (exact) mass is 347 g/mol. The van der Waals surface area contributed by atoms with Gasteiger partial charge in [-0.2, -0.15) is 0 Å². The van der Waals surface area contributed by atoms with Gasteiger partial charge in [0.05, 0.1) is 18.8 Å². The van der Waals surface area contributed by atoms with Crippen LogP contribution >= 0.6 is 0 Å². The van der Waals surface area contributed by atoms with Gasteiger partial charge >= 0.3 is 0 Å². The van der Waals surface area contributed by atoms with Gasteiger partial charge in [-0.25, -0.2) is 0 Å². The Labute approximate surface area is 147 Å². The number of amides is 2. The van der Waals surface area contributed by atoms with E-state index in [1.807, 2.05) is 0 Å². The number of aliphatic hydroxyl groups excluding tert-OH is 1. The van der Waals surface area contributed by atoms with Gasteiger partial charge < -0.3 is 20.5 Å². The summed E-state index contributed by atoms with van der Waals surface area (Å²) in [6.07, 6.45) is 6.95. The highest BCUT2D eigenvalue weighted by Crippen LogP contribution is 2.28. The summed E-state index contributed by atoms with van der Waals surface area (Å²) < 4.78 is 5.91. The molecule has 0 spiro atoms. The van der Waals surface area contributed by atoms with Gasteiger partial charge in [-0.3, -0.25) is 14.6 Å². The maximum atomic E-state index is 12.2. The van der Waals surface area contributed by atoms with E-state index >= 15 is 0 Å². The van der Waals surface area contributed by atoms with Crippen molar-refractivity contribution in [3.8, 4) is 0 Å². The lowest BCUT2D eigenvalue weighted by atomic mass is 9.96. The molecule has 7 heteroatoms. The molecule has 7 nitrogen and oxygen atoms in total. The lowest BCUT2D eigenvalue weighted by Crippen LogP contribution is -2.51. The van der Waals surface area contributed by atoms with Crippen molar-refractivity contribution in [3.05, 3.63) is 30.1 Å². The van der Waals surface area contributed by atoms with E-state index in [0.717, 1.165) is 32.1 Å². The number of aliphatic hydroxyl groups is 1. The van der Waals surface area contributed by atoms with Gasteiger partial charge in [-0.1, -0.05) is 0 Å². The topological polar surface area (TPSA) is 101 Å². The molecule has 3 N–H and O–H groups in total. The Balaban J connectivity index is 1.44. The van der Waals surface area contributed by atoms with Crippen LogP contribution in [0.2, 0.25) is 0 Å². The molecule has 2 heterocycles. The zero-order valence-corrected chi connectivity index (χ0v) is 14.2. The Morgan fingerprint density at radius 1 is 1.20 bits per heavy atom. The Hall–Kier alpha value is -1.99. The number of carbonyl (C=O) groups is 2. The Morgan fingerprint density at radius 3 is 2.64 bits per heavy atom. The summed E-state index contributed by atoms with van der Waals surface area (Å²) in [5, 5.41) is 15.5. The lowest BCUT2D eigenvalue weighted by Gasteiger charge is -2.36. The van der Waals surface area contributed by atoms with E-state index in [-0.39, 0.29) is 36.5 Å². The SMILES string of the molecule is O=C(N[C@@H]1CC[C@H](CCNC(=O)C2CC2)O[C@H]1CO)c1ccncc1. The third-order valence-corrected chi connectivity index (χ3v) is 4.77. The molecule has 1 aliphatic heterocycles. The van der Waals surface area contributed by atoms with Gasteiger partial charge in [-0.05, 0) is 44.2 Å². The second kappa shape index (κ2) is 8.40. The van der Waals surface area contributed by atoms with Crippen LogP contribution < -0.4 is 10.6 Å². The molecule has 25 heavy (non-hydrogen) atoms. The van der Waals surface area contributed by atoms with Crippen LogP contribution in [0.15, 0.2) is 24.5 Å². The maximum Gasteiger partial charge on any atom is 0.251 e. The largest absolute Gasteiger partial charge is 0.394 e. The van der Waals surface area contributed by atoms with Crippen LogP contribution in [-0.2, 0) is 9.53 Å². The highest BCUT2D eigenvalue weighted by molar-refractivity contribution is 5.94. The standard InChI is InChI=1S/C18H25N3O4/c22-11-16-15(21-18(24)13-5-8-19-9-6-13)4-3-14(25-16)7-10-20-17(23)12-1-2-12/h5-6,8-9,12,14-16,22H,1-4,7,10-11H2,(H,20,23)(H,21,24)/t14-,15-,16+/m1/s1. The van der Waals surface area contributed by atoms with Gasteiger partial charge in [0.25, 0.3) is 5.91 Å². The summed E-state index contributed by atoms with van der Waals surface area (Å²) in [4.78, 5) is 27.8. The highest BCUT2D eigenvalue weighted by Gasteiger charge is 2.33. The molecule has 1 aromatic rings. The van der Waals surface area contributed by atoms with Crippen molar-refractivity contribution < 1.29 is 19.4 Å². The molecular weight excluding hydrogens is 322 g/mol. The van der Waals surface area contributed by atoms with E-state index in [9.17, 15) is 14.7 Å². The number of pyridine rings is 1. The molecule has 0 radical (unpaired) electrons. The van der Waals surface area contributed by atoms with Crippen molar-refractivity contribution in [2.75, 3.05) is 13.2 Å². The first-order valence-electron chi connectivity index (χ1n) is 8.92. The summed E-state index contributed by atoms with van der Waals surface area (Å²) >= 11 is 0. The molecular formula is C18H25N3O4. The molecule has 3 atom stereocenters. The molecule has 136 valence electrons. The maximum absolute atomic E-state index is 12.2. The molecule has 1 saturated heterocycles. The number of hydrogen-bond donors (Lipinski definition) is 3. The van der Waals surface area contributed by atoms with Gasteiger partial charge in [0, 0.05) is 30.4 Å². The molecule has 2 amide bonds. The van der Waals surface area contributed by atoms with Gasteiger partial charge in [0.15, 0.2) is 0 Å². The van der Waals surface area contributed by atoms with Crippen LogP contribution in [-0.4, -0.2) is 53.3 Å². The number of rotatable bonds is 7. The molecule has 0 unspecified atom stereocenters. The van der Waals surface area contributed by atoms with Crippen LogP contribution in [0, 0.1) is 5.92 Å². The summed E-state index contributed by atoms with van der Waals surface area (Å²) in [5.41, 5.74) is 0.539. The summed E-state index contributed by atoms with van der Waals surface area (Å²) in [7, 11) is 0. The van der Waals surface area contributed by atoms with E-state index in [1.165, 1.54) is 0 Å². The zero-order chi connectivity index (χ0) is 17.6. The lowest BCUT2D eigenvalue weighted by molar-refractivity contribution is -0.122. The van der Waals surface area contributed by atoms with Crippen molar-refractivity contribution in [3.63, 3.8) is 0 Å². The minimum absolute atomic E-state index is 0.00858. The summed E-state index contributed by atoms with van der Waals surface area (Å²) in [6, 6.07) is 3.08. The van der Waals surface area contributed by atoms with Gasteiger partial charge in [0.1, 0.15) is 6.10 Å². The van der Waals surface area contributed by atoms with Crippen molar-refractivity contribution in [1.82, 2.24) is 15.6 Å². The first-order chi connectivity index (χ1) is 12.2.